The summed E-state index contributed by atoms with van der Waals surface area (Å²) in [5.41, 5.74) is 2.60. The second-order valence-corrected chi connectivity index (χ2v) is 10.1. The van der Waals surface area contributed by atoms with Gasteiger partial charge in [-0.2, -0.15) is 0 Å². The summed E-state index contributed by atoms with van der Waals surface area (Å²) in [6.45, 7) is 5.18. The molecule has 0 saturated heterocycles. The number of hydrogen-bond donors (Lipinski definition) is 2. The first-order valence-corrected chi connectivity index (χ1v) is 11.2. The molecule has 2 aromatic rings. The Morgan fingerprint density at radius 2 is 1.57 bits per heavy atom. The molecule has 4 aliphatic rings. The van der Waals surface area contributed by atoms with Crippen LogP contribution in [0.2, 0.25) is 0 Å². The van der Waals surface area contributed by atoms with Gasteiger partial charge in [0.05, 0.1) is 12.1 Å². The number of hydrogen-bond acceptors (Lipinski definition) is 2. The van der Waals surface area contributed by atoms with Gasteiger partial charge < -0.3 is 14.8 Å². The Labute approximate surface area is 168 Å². The number of aliphatic hydroxyl groups is 1. The molecule has 28 heavy (non-hydrogen) atoms. The van der Waals surface area contributed by atoms with Crippen molar-refractivity contribution in [1.29, 1.82) is 0 Å². The average Bonchev–Trinajstić information content (AvgIpc) is 3.14. The van der Waals surface area contributed by atoms with Crippen LogP contribution in [0.1, 0.15) is 69.8 Å². The molecule has 3 N–H and O–H groups in total. The zero-order valence-corrected chi connectivity index (χ0v) is 17.2. The van der Waals surface area contributed by atoms with E-state index in [9.17, 15) is 5.11 Å². The summed E-state index contributed by atoms with van der Waals surface area (Å²) < 4.78 is 6.15. The van der Waals surface area contributed by atoms with Crippen molar-refractivity contribution in [3.8, 4) is 11.3 Å². The van der Waals surface area contributed by atoms with E-state index in [0.717, 1.165) is 46.9 Å². The number of nitrogens with two attached hydrogens (primary N) is 1. The molecule has 4 aliphatic carbocycles. The SMILES string of the molecule is C[C@H]([NH2+]Cc1ccc(-c2ccc([C@@H](C)O)cc2)o1)C12CC3CC(CC(C3)C1)C2. The smallest absolute Gasteiger partial charge is 0.158 e. The van der Waals surface area contributed by atoms with Crippen LogP contribution < -0.4 is 5.32 Å². The first-order valence-electron chi connectivity index (χ1n) is 11.2. The zero-order valence-electron chi connectivity index (χ0n) is 17.2. The van der Waals surface area contributed by atoms with Crippen LogP contribution in [0.15, 0.2) is 40.8 Å². The summed E-state index contributed by atoms with van der Waals surface area (Å²) in [5.74, 6) is 5.03. The second-order valence-electron chi connectivity index (χ2n) is 10.1. The van der Waals surface area contributed by atoms with Crippen LogP contribution in [-0.4, -0.2) is 11.1 Å². The number of rotatable bonds is 6. The molecule has 0 unspecified atom stereocenters. The molecule has 2 atom stereocenters. The molecule has 4 fully saturated rings. The quantitative estimate of drug-likeness (QED) is 0.765. The van der Waals surface area contributed by atoms with Crippen molar-refractivity contribution in [2.75, 3.05) is 0 Å². The van der Waals surface area contributed by atoms with E-state index in [0.29, 0.717) is 11.5 Å². The van der Waals surface area contributed by atoms with Crippen LogP contribution >= 0.6 is 0 Å². The molecular weight excluding hydrogens is 346 g/mol. The van der Waals surface area contributed by atoms with Gasteiger partial charge in [0.1, 0.15) is 12.3 Å². The Hall–Kier alpha value is -1.58. The van der Waals surface area contributed by atoms with Crippen LogP contribution in [0, 0.1) is 23.2 Å². The molecule has 0 spiro atoms. The highest BCUT2D eigenvalue weighted by molar-refractivity contribution is 5.58. The predicted octanol–water partition coefficient (Wildman–Crippen LogP) is 4.67. The van der Waals surface area contributed by atoms with Crippen molar-refractivity contribution >= 4 is 0 Å². The summed E-state index contributed by atoms with van der Waals surface area (Å²) in [5, 5.41) is 12.2. The molecule has 4 bridgehead atoms. The van der Waals surface area contributed by atoms with Gasteiger partial charge in [-0.15, -0.1) is 0 Å². The minimum atomic E-state index is -0.429. The summed E-state index contributed by atoms with van der Waals surface area (Å²) in [6, 6.07) is 12.9. The first-order chi connectivity index (χ1) is 13.5. The van der Waals surface area contributed by atoms with Crippen LogP contribution in [0.25, 0.3) is 11.3 Å². The fourth-order valence-corrected chi connectivity index (χ4v) is 6.85. The molecule has 6 rings (SSSR count). The van der Waals surface area contributed by atoms with Crippen LogP contribution in [0.4, 0.5) is 0 Å². The van der Waals surface area contributed by atoms with Gasteiger partial charge in [0.25, 0.3) is 0 Å². The maximum Gasteiger partial charge on any atom is 0.158 e. The predicted molar refractivity (Wildman–Crippen MR) is 110 cm³/mol. The zero-order chi connectivity index (χ0) is 19.3. The molecule has 3 heteroatoms. The largest absolute Gasteiger partial charge is 0.455 e. The number of furan rings is 1. The molecule has 1 heterocycles. The molecule has 4 saturated carbocycles. The number of quaternary nitrogens is 1. The highest BCUT2D eigenvalue weighted by Crippen LogP contribution is 2.60. The normalized spacial score (nSPS) is 33.2. The minimum absolute atomic E-state index is 0.429. The number of benzene rings is 1. The molecular formula is C25H34NO2+. The minimum Gasteiger partial charge on any atom is -0.455 e. The van der Waals surface area contributed by atoms with Gasteiger partial charge in [-0.05, 0) is 87.8 Å². The van der Waals surface area contributed by atoms with Crippen molar-refractivity contribution in [1.82, 2.24) is 0 Å². The summed E-state index contributed by atoms with van der Waals surface area (Å²) in [4.78, 5) is 0. The Bertz CT molecular complexity index is 784. The highest BCUT2D eigenvalue weighted by atomic mass is 16.3. The second kappa shape index (κ2) is 7.03. The van der Waals surface area contributed by atoms with Gasteiger partial charge in [0.2, 0.25) is 0 Å². The van der Waals surface area contributed by atoms with Crippen molar-refractivity contribution in [2.45, 2.75) is 71.1 Å². The van der Waals surface area contributed by atoms with Crippen LogP contribution in [-0.2, 0) is 6.54 Å². The molecule has 0 amide bonds. The van der Waals surface area contributed by atoms with Crippen molar-refractivity contribution in [2.24, 2.45) is 23.2 Å². The molecule has 1 aromatic carbocycles. The lowest BCUT2D eigenvalue weighted by Crippen LogP contribution is -2.91. The van der Waals surface area contributed by atoms with Crippen molar-refractivity contribution in [3.05, 3.63) is 47.7 Å². The van der Waals surface area contributed by atoms with E-state index in [1.54, 1.807) is 6.92 Å². The van der Waals surface area contributed by atoms with E-state index in [1.807, 2.05) is 24.3 Å². The summed E-state index contributed by atoms with van der Waals surface area (Å²) in [7, 11) is 0. The monoisotopic (exact) mass is 380 g/mol. The third kappa shape index (κ3) is 3.33. The maximum absolute atomic E-state index is 9.67. The van der Waals surface area contributed by atoms with Crippen LogP contribution in [0.3, 0.4) is 0 Å². The van der Waals surface area contributed by atoms with Gasteiger partial charge in [-0.1, -0.05) is 24.3 Å². The Morgan fingerprint density at radius 3 is 2.14 bits per heavy atom. The number of aliphatic hydroxyl groups excluding tert-OH is 1. The lowest BCUT2D eigenvalue weighted by atomic mass is 9.48. The topological polar surface area (TPSA) is 50.0 Å². The lowest BCUT2D eigenvalue weighted by Gasteiger charge is -2.57. The lowest BCUT2D eigenvalue weighted by molar-refractivity contribution is -0.718. The van der Waals surface area contributed by atoms with Crippen molar-refractivity contribution in [3.63, 3.8) is 0 Å². The van der Waals surface area contributed by atoms with Crippen molar-refractivity contribution < 1.29 is 14.8 Å². The molecule has 0 aliphatic heterocycles. The van der Waals surface area contributed by atoms with E-state index >= 15 is 0 Å². The van der Waals surface area contributed by atoms with E-state index in [-0.39, 0.29) is 0 Å². The van der Waals surface area contributed by atoms with Gasteiger partial charge in [-0.3, -0.25) is 0 Å². The summed E-state index contributed by atoms with van der Waals surface area (Å²) >= 11 is 0. The molecule has 1 aromatic heterocycles. The van der Waals surface area contributed by atoms with Crippen LogP contribution in [0.5, 0.6) is 0 Å². The van der Waals surface area contributed by atoms with Gasteiger partial charge >= 0.3 is 0 Å². The maximum atomic E-state index is 9.67. The van der Waals surface area contributed by atoms with Gasteiger partial charge in [0.15, 0.2) is 5.76 Å². The van der Waals surface area contributed by atoms with E-state index in [4.69, 9.17) is 4.42 Å². The summed E-state index contributed by atoms with van der Waals surface area (Å²) in [6.07, 6.45) is 8.52. The molecule has 150 valence electrons. The Kier molecular flexibility index (Phi) is 4.64. The fraction of sp³-hybridized carbons (Fsp3) is 0.600. The standard InChI is InChI=1S/C25H33NO2/c1-16(27)21-3-5-22(6-4-21)24-8-7-23(28-24)15-26-17(2)25-12-18-9-19(13-25)11-20(10-18)14-25/h3-8,16-20,26-27H,9-15H2,1-2H3/p+1/t16-,17+,18?,19?,20?,25?/m1/s1. The van der Waals surface area contributed by atoms with Gasteiger partial charge in [0, 0.05) is 11.0 Å². The van der Waals surface area contributed by atoms with E-state index < -0.39 is 6.10 Å². The van der Waals surface area contributed by atoms with Gasteiger partial charge in [-0.25, -0.2) is 0 Å². The molecule has 3 nitrogen and oxygen atoms in total. The van der Waals surface area contributed by atoms with E-state index in [1.165, 1.54) is 38.5 Å². The molecule has 0 radical (unpaired) electrons. The Balaban J connectivity index is 1.23. The first kappa shape index (κ1) is 18.4. The van der Waals surface area contributed by atoms with E-state index in [2.05, 4.69) is 24.4 Å². The third-order valence-corrected chi connectivity index (χ3v) is 8.06. The average molecular weight is 381 g/mol. The third-order valence-electron chi connectivity index (χ3n) is 8.06. The Morgan fingerprint density at radius 1 is 0.964 bits per heavy atom. The fourth-order valence-electron chi connectivity index (χ4n) is 6.85. The highest BCUT2D eigenvalue weighted by Gasteiger charge is 2.54.